The van der Waals surface area contributed by atoms with E-state index in [1.54, 1.807) is 6.33 Å². The summed E-state index contributed by atoms with van der Waals surface area (Å²) in [6.45, 7) is 0.792. The van der Waals surface area contributed by atoms with Crippen LogP contribution in [0.15, 0.2) is 29.6 Å². The van der Waals surface area contributed by atoms with E-state index in [4.69, 9.17) is 0 Å². The Bertz CT molecular complexity index is 510. The molecule has 0 fully saturated rings. The summed E-state index contributed by atoms with van der Waals surface area (Å²) in [5.41, 5.74) is 0.933. The zero-order chi connectivity index (χ0) is 12.6. The number of aromatic nitrogens is 4. The summed E-state index contributed by atoms with van der Waals surface area (Å²) in [5.74, 6) is 2.49. The van der Waals surface area contributed by atoms with Crippen LogP contribution in [0.1, 0.15) is 12.1 Å². The van der Waals surface area contributed by atoms with Crippen molar-refractivity contribution in [2.24, 2.45) is 0 Å². The SMILES string of the molecule is O=c1ccnc(NCCCSCc2c[nH]cn2)[nH]1. The van der Waals surface area contributed by atoms with Crippen LogP contribution in [0.5, 0.6) is 0 Å². The van der Waals surface area contributed by atoms with E-state index in [1.165, 1.54) is 12.3 Å². The van der Waals surface area contributed by atoms with E-state index in [2.05, 4.69) is 25.3 Å². The molecule has 0 aliphatic heterocycles. The molecule has 0 aromatic carbocycles. The number of thioether (sulfide) groups is 1. The van der Waals surface area contributed by atoms with Gasteiger partial charge in [0.15, 0.2) is 0 Å². The van der Waals surface area contributed by atoms with Crippen molar-refractivity contribution in [1.82, 2.24) is 19.9 Å². The molecule has 2 rings (SSSR count). The summed E-state index contributed by atoms with van der Waals surface area (Å²) in [4.78, 5) is 24.7. The highest BCUT2D eigenvalue weighted by Crippen LogP contribution is 2.09. The smallest absolute Gasteiger partial charge is 0.252 e. The standard InChI is InChI=1S/C11H15N5OS/c17-10-2-4-14-11(16-10)13-3-1-5-18-7-9-6-12-8-15-9/h2,4,6,8H,1,3,5,7H2,(H,12,15)(H2,13,14,16,17). The minimum atomic E-state index is -0.139. The number of hydrogen-bond acceptors (Lipinski definition) is 5. The zero-order valence-corrected chi connectivity index (χ0v) is 10.7. The van der Waals surface area contributed by atoms with Gasteiger partial charge in [-0.15, -0.1) is 0 Å². The third-order valence-electron chi connectivity index (χ3n) is 2.23. The Morgan fingerprint density at radius 2 is 2.33 bits per heavy atom. The molecule has 0 unspecified atom stereocenters. The van der Waals surface area contributed by atoms with Gasteiger partial charge in [-0.2, -0.15) is 11.8 Å². The van der Waals surface area contributed by atoms with Crippen LogP contribution in [0, 0.1) is 0 Å². The summed E-state index contributed by atoms with van der Waals surface area (Å²) >= 11 is 1.83. The summed E-state index contributed by atoms with van der Waals surface area (Å²) in [7, 11) is 0. The van der Waals surface area contributed by atoms with Gasteiger partial charge in [-0.25, -0.2) is 9.97 Å². The van der Waals surface area contributed by atoms with Crippen molar-refractivity contribution in [2.75, 3.05) is 17.6 Å². The van der Waals surface area contributed by atoms with Gasteiger partial charge in [0.1, 0.15) is 0 Å². The first-order chi connectivity index (χ1) is 8.84. The number of H-pyrrole nitrogens is 2. The predicted molar refractivity (Wildman–Crippen MR) is 72.7 cm³/mol. The number of nitrogens with one attached hydrogen (secondary N) is 3. The highest BCUT2D eigenvalue weighted by atomic mass is 32.2. The largest absolute Gasteiger partial charge is 0.356 e. The first kappa shape index (κ1) is 12.7. The Kier molecular flexibility index (Phi) is 4.83. The van der Waals surface area contributed by atoms with Crippen LogP contribution >= 0.6 is 11.8 Å². The van der Waals surface area contributed by atoms with E-state index < -0.39 is 0 Å². The van der Waals surface area contributed by atoms with Gasteiger partial charge in [-0.1, -0.05) is 0 Å². The number of aromatic amines is 2. The van der Waals surface area contributed by atoms with Crippen molar-refractivity contribution in [2.45, 2.75) is 12.2 Å². The van der Waals surface area contributed by atoms with E-state index in [9.17, 15) is 4.79 Å². The number of hydrogen-bond donors (Lipinski definition) is 3. The van der Waals surface area contributed by atoms with Crippen LogP contribution in [0.2, 0.25) is 0 Å². The van der Waals surface area contributed by atoms with Crippen LogP contribution in [0.3, 0.4) is 0 Å². The van der Waals surface area contributed by atoms with Crippen LogP contribution in [0.25, 0.3) is 0 Å². The van der Waals surface area contributed by atoms with E-state index in [-0.39, 0.29) is 5.56 Å². The third kappa shape index (κ3) is 4.25. The van der Waals surface area contributed by atoms with Gasteiger partial charge >= 0.3 is 0 Å². The molecule has 2 aromatic rings. The zero-order valence-electron chi connectivity index (χ0n) is 9.85. The normalized spacial score (nSPS) is 10.4. The molecule has 0 amide bonds. The van der Waals surface area contributed by atoms with Crippen LogP contribution < -0.4 is 10.9 Å². The summed E-state index contributed by atoms with van der Waals surface area (Å²) in [5, 5.41) is 3.08. The van der Waals surface area contributed by atoms with E-state index in [0.717, 1.165) is 30.2 Å². The van der Waals surface area contributed by atoms with Crippen molar-refractivity contribution >= 4 is 17.7 Å². The van der Waals surface area contributed by atoms with Crippen molar-refractivity contribution < 1.29 is 0 Å². The molecule has 0 bridgehead atoms. The van der Waals surface area contributed by atoms with Gasteiger partial charge in [0.2, 0.25) is 5.95 Å². The Morgan fingerprint density at radius 3 is 3.11 bits per heavy atom. The van der Waals surface area contributed by atoms with Gasteiger partial charge in [-0.3, -0.25) is 9.78 Å². The van der Waals surface area contributed by atoms with Gasteiger partial charge in [0, 0.05) is 30.8 Å². The van der Waals surface area contributed by atoms with Crippen molar-refractivity contribution in [3.8, 4) is 0 Å². The lowest BCUT2D eigenvalue weighted by molar-refractivity contribution is 0.955. The summed E-state index contributed by atoms with van der Waals surface area (Å²) < 4.78 is 0. The highest BCUT2D eigenvalue weighted by Gasteiger charge is 1.96. The van der Waals surface area contributed by atoms with Crippen molar-refractivity contribution in [1.29, 1.82) is 0 Å². The average Bonchev–Trinajstić information content (AvgIpc) is 2.87. The Hall–Kier alpha value is -1.76. The minimum absolute atomic E-state index is 0.139. The molecule has 2 aromatic heterocycles. The fraction of sp³-hybridized carbons (Fsp3) is 0.364. The quantitative estimate of drug-likeness (QED) is 0.655. The predicted octanol–water partition coefficient (Wildman–Crippen LogP) is 1.23. The third-order valence-corrected chi connectivity index (χ3v) is 3.31. The summed E-state index contributed by atoms with van der Waals surface area (Å²) in [6, 6.07) is 1.39. The Balaban J connectivity index is 1.57. The molecule has 0 radical (unpaired) electrons. The molecule has 0 aliphatic carbocycles. The second-order valence-electron chi connectivity index (χ2n) is 3.68. The molecule has 18 heavy (non-hydrogen) atoms. The molecule has 3 N–H and O–H groups in total. The molecule has 7 heteroatoms. The van der Waals surface area contributed by atoms with Crippen LogP contribution in [0.4, 0.5) is 5.95 Å². The maximum absolute atomic E-state index is 11.0. The number of nitrogens with zero attached hydrogens (tertiary/aromatic N) is 2. The lowest BCUT2D eigenvalue weighted by Gasteiger charge is -2.04. The fourth-order valence-electron chi connectivity index (χ4n) is 1.39. The average molecular weight is 265 g/mol. The highest BCUT2D eigenvalue weighted by molar-refractivity contribution is 7.98. The molecule has 0 atom stereocenters. The maximum Gasteiger partial charge on any atom is 0.252 e. The Morgan fingerprint density at radius 1 is 1.39 bits per heavy atom. The molecular weight excluding hydrogens is 250 g/mol. The van der Waals surface area contributed by atoms with Gasteiger partial charge in [-0.05, 0) is 12.2 Å². The fourth-order valence-corrected chi connectivity index (χ4v) is 2.25. The maximum atomic E-state index is 11.0. The first-order valence-corrected chi connectivity index (χ1v) is 6.84. The number of rotatable bonds is 7. The van der Waals surface area contributed by atoms with Gasteiger partial charge in [0.25, 0.3) is 5.56 Å². The Labute approximate surface area is 109 Å². The molecule has 0 saturated carbocycles. The van der Waals surface area contributed by atoms with Gasteiger partial charge < -0.3 is 10.3 Å². The molecule has 6 nitrogen and oxygen atoms in total. The van der Waals surface area contributed by atoms with Gasteiger partial charge in [0.05, 0.1) is 12.0 Å². The molecule has 0 aliphatic rings. The summed E-state index contributed by atoms with van der Waals surface area (Å²) in [6.07, 6.45) is 6.10. The topological polar surface area (TPSA) is 86.5 Å². The van der Waals surface area contributed by atoms with E-state index >= 15 is 0 Å². The van der Waals surface area contributed by atoms with E-state index in [1.807, 2.05) is 18.0 Å². The lowest BCUT2D eigenvalue weighted by Crippen LogP contribution is -2.12. The molecule has 0 spiro atoms. The second-order valence-corrected chi connectivity index (χ2v) is 4.78. The van der Waals surface area contributed by atoms with Crippen molar-refractivity contribution in [3.05, 3.63) is 40.8 Å². The van der Waals surface area contributed by atoms with E-state index in [0.29, 0.717) is 5.95 Å². The lowest BCUT2D eigenvalue weighted by atomic mass is 10.5. The molecule has 2 heterocycles. The van der Waals surface area contributed by atoms with Crippen molar-refractivity contribution in [3.63, 3.8) is 0 Å². The monoisotopic (exact) mass is 265 g/mol. The first-order valence-electron chi connectivity index (χ1n) is 5.69. The van der Waals surface area contributed by atoms with Crippen LogP contribution in [-0.2, 0) is 5.75 Å². The molecule has 0 saturated heterocycles. The minimum Gasteiger partial charge on any atom is -0.356 e. The number of imidazole rings is 1. The molecule has 96 valence electrons. The number of anilines is 1. The van der Waals surface area contributed by atoms with Crippen LogP contribution in [-0.4, -0.2) is 32.2 Å². The second kappa shape index (κ2) is 6.85. The molecular formula is C11H15N5OS.